The van der Waals surface area contributed by atoms with Crippen LogP contribution in [-0.2, 0) is 20.4 Å². The molecule has 1 aliphatic carbocycles. The number of rotatable bonds is 4. The van der Waals surface area contributed by atoms with Crippen LogP contribution in [0.15, 0.2) is 84.4 Å². The van der Waals surface area contributed by atoms with Gasteiger partial charge in [-0.3, -0.25) is 0 Å². The molecule has 0 heterocycles. The summed E-state index contributed by atoms with van der Waals surface area (Å²) in [5.74, 6) is 0.244. The molecule has 1 saturated carbocycles. The molecular weight excluding hydrogens is 423 g/mol. The average molecular weight is 445 g/mol. The van der Waals surface area contributed by atoms with Gasteiger partial charge in [0.1, 0.15) is 0 Å². The molecule has 3 aromatic carbocycles. The molecule has 3 aromatic rings. The van der Waals surface area contributed by atoms with Crippen molar-refractivity contribution in [2.45, 2.75) is 12.8 Å². The van der Waals surface area contributed by atoms with Crippen LogP contribution >= 0.6 is 0 Å². The van der Waals surface area contributed by atoms with Gasteiger partial charge in [0.25, 0.3) is 0 Å². The molecule has 138 valence electrons. The Kier molecular flexibility index (Phi) is 7.37. The van der Waals surface area contributed by atoms with Crippen LogP contribution in [0.3, 0.4) is 0 Å². The van der Waals surface area contributed by atoms with E-state index in [0.29, 0.717) is 5.56 Å². The van der Waals surface area contributed by atoms with Gasteiger partial charge < -0.3 is 12.5 Å². The third-order valence-corrected chi connectivity index (χ3v) is 4.35. The van der Waals surface area contributed by atoms with E-state index in [2.05, 4.69) is 48.6 Å². The number of phenolic OH excluding ortho intramolecular Hbond substituents is 1. The summed E-state index contributed by atoms with van der Waals surface area (Å²) in [5, 5.41) is 10.2. The van der Waals surface area contributed by atoms with E-state index in [1.165, 1.54) is 24.0 Å². The van der Waals surface area contributed by atoms with Gasteiger partial charge in [-0.2, -0.15) is 0 Å². The molecule has 0 amide bonds. The van der Waals surface area contributed by atoms with Crippen molar-refractivity contribution in [1.29, 1.82) is 0 Å². The Morgan fingerprint density at radius 2 is 1.44 bits per heavy atom. The molecule has 2 heteroatoms. The van der Waals surface area contributed by atoms with Crippen molar-refractivity contribution in [2.75, 3.05) is 0 Å². The molecule has 1 aliphatic rings. The molecule has 0 aliphatic heterocycles. The summed E-state index contributed by atoms with van der Waals surface area (Å²) in [5.41, 5.74) is 6.62. The molecule has 1 fully saturated rings. The number of allylic oxidation sites excluding steroid dienone is 1. The smallest absolute Gasteiger partial charge is 0.542 e. The molecule has 0 atom stereocenters. The number of phenols is 1. The third-order valence-electron chi connectivity index (χ3n) is 4.35. The Hall–Kier alpha value is -2.40. The Labute approximate surface area is 175 Å². The summed E-state index contributed by atoms with van der Waals surface area (Å²) < 4.78 is 0. The number of hydrogen-bond acceptors (Lipinski definition) is 1. The second-order valence-electron chi connectivity index (χ2n) is 6.27. The first kappa shape index (κ1) is 20.9. The van der Waals surface area contributed by atoms with E-state index in [-0.39, 0.29) is 33.6 Å². The van der Waals surface area contributed by atoms with E-state index in [0.717, 1.165) is 16.7 Å². The van der Waals surface area contributed by atoms with Crippen molar-refractivity contribution < 1.29 is 25.5 Å². The van der Waals surface area contributed by atoms with Crippen molar-refractivity contribution in [1.82, 2.24) is 0 Å². The average Bonchev–Trinajstić information content (AvgIpc) is 3.47. The number of para-hydroxylation sites is 1. The molecule has 1 N–H and O–H groups in total. The maximum atomic E-state index is 10.2. The first-order valence-corrected chi connectivity index (χ1v) is 8.57. The molecule has 0 saturated heterocycles. The molecule has 0 bridgehead atoms. The van der Waals surface area contributed by atoms with E-state index in [9.17, 15) is 5.11 Å². The number of aromatic hydroxyl groups is 1. The van der Waals surface area contributed by atoms with Crippen LogP contribution in [0.1, 0.15) is 35.1 Å². The van der Waals surface area contributed by atoms with Crippen molar-refractivity contribution >= 4 is 11.6 Å². The van der Waals surface area contributed by atoms with Gasteiger partial charge in [-0.05, 0) is 12.8 Å². The largest absolute Gasteiger partial charge is 2.00 e. The third kappa shape index (κ3) is 5.07. The van der Waals surface area contributed by atoms with Crippen LogP contribution in [0.2, 0.25) is 0 Å². The maximum absolute atomic E-state index is 10.2. The molecule has 0 unspecified atom stereocenters. The molecule has 4 rings (SSSR count). The van der Waals surface area contributed by atoms with Crippen LogP contribution < -0.4 is 0 Å². The Morgan fingerprint density at radius 1 is 0.815 bits per heavy atom. The minimum atomic E-state index is 0. The second-order valence-corrected chi connectivity index (χ2v) is 6.27. The zero-order chi connectivity index (χ0) is 17.1. The van der Waals surface area contributed by atoms with Gasteiger partial charge in [0.05, 0.1) is 5.75 Å². The summed E-state index contributed by atoms with van der Waals surface area (Å²) in [6, 6.07) is 26.0. The standard InChI is InChI=1S/C24H19O.CH3.Pd/c25-24-13-7-5-11-21(24)17-23(19-8-2-1-3-9-19)22-12-6-4-10-20(22)16-18-14-15-18;;/h1-13,16,25H,14-15H2;1H3;/q2*-1;+2. The summed E-state index contributed by atoms with van der Waals surface area (Å²) in [4.78, 5) is 0. The maximum Gasteiger partial charge on any atom is 2.00 e. The first-order valence-electron chi connectivity index (χ1n) is 8.57. The van der Waals surface area contributed by atoms with Gasteiger partial charge in [-0.15, -0.1) is 17.7 Å². The molecule has 0 spiro atoms. The predicted molar refractivity (Wildman–Crippen MR) is 109 cm³/mol. The van der Waals surface area contributed by atoms with Crippen molar-refractivity contribution in [2.24, 2.45) is 0 Å². The fourth-order valence-electron chi connectivity index (χ4n) is 2.90. The SMILES string of the molecule is Oc1ccccc1[C-]=C(c1ccccc1)c1ccccc1C=C1CC1.[CH3-].[Pd+2]. The fraction of sp³-hybridized carbons (Fsp3) is 0.0800. The number of hydrogen-bond donors (Lipinski definition) is 1. The Morgan fingerprint density at radius 3 is 2.15 bits per heavy atom. The first-order chi connectivity index (χ1) is 12.3. The minimum Gasteiger partial charge on any atom is -0.542 e. The fourth-order valence-corrected chi connectivity index (χ4v) is 2.90. The monoisotopic (exact) mass is 444 g/mol. The molecule has 1 nitrogen and oxygen atoms in total. The van der Waals surface area contributed by atoms with E-state index < -0.39 is 0 Å². The van der Waals surface area contributed by atoms with E-state index in [1.807, 2.05) is 36.4 Å². The van der Waals surface area contributed by atoms with E-state index in [1.54, 1.807) is 6.07 Å². The van der Waals surface area contributed by atoms with Gasteiger partial charge in [0.2, 0.25) is 0 Å². The molecule has 27 heavy (non-hydrogen) atoms. The predicted octanol–water partition coefficient (Wildman–Crippen LogP) is 6.30. The Bertz CT molecular complexity index is 949. The number of benzene rings is 3. The summed E-state index contributed by atoms with van der Waals surface area (Å²) in [6.07, 6.45) is 8.13. The molecule has 0 aromatic heterocycles. The second kappa shape index (κ2) is 9.51. The van der Waals surface area contributed by atoms with Crippen LogP contribution in [0.5, 0.6) is 5.75 Å². The van der Waals surface area contributed by atoms with Crippen LogP contribution in [0.25, 0.3) is 11.6 Å². The topological polar surface area (TPSA) is 20.2 Å². The van der Waals surface area contributed by atoms with Crippen molar-refractivity contribution in [3.63, 3.8) is 0 Å². The van der Waals surface area contributed by atoms with Crippen LogP contribution in [0, 0.1) is 13.5 Å². The normalized spacial score (nSPS) is 12.6. The van der Waals surface area contributed by atoms with E-state index >= 15 is 0 Å². The zero-order valence-electron chi connectivity index (χ0n) is 15.3. The quantitative estimate of drug-likeness (QED) is 0.284. The van der Waals surface area contributed by atoms with Crippen molar-refractivity contribution in [3.05, 3.63) is 120 Å². The van der Waals surface area contributed by atoms with Gasteiger partial charge in [-0.1, -0.05) is 107 Å². The van der Waals surface area contributed by atoms with Gasteiger partial charge in [0.15, 0.2) is 0 Å². The van der Waals surface area contributed by atoms with Gasteiger partial charge in [0, 0.05) is 0 Å². The van der Waals surface area contributed by atoms with E-state index in [4.69, 9.17) is 0 Å². The summed E-state index contributed by atoms with van der Waals surface area (Å²) in [6.45, 7) is 0. The summed E-state index contributed by atoms with van der Waals surface area (Å²) in [7, 11) is 0. The zero-order valence-corrected chi connectivity index (χ0v) is 16.8. The Balaban J connectivity index is 0.00000131. The van der Waals surface area contributed by atoms with Crippen LogP contribution in [0.4, 0.5) is 0 Å². The summed E-state index contributed by atoms with van der Waals surface area (Å²) >= 11 is 0. The van der Waals surface area contributed by atoms with Gasteiger partial charge in [-0.25, -0.2) is 0 Å². The van der Waals surface area contributed by atoms with Crippen molar-refractivity contribution in [3.8, 4) is 5.75 Å². The molecular formula is C25H22OPd. The van der Waals surface area contributed by atoms with Gasteiger partial charge >= 0.3 is 20.4 Å². The van der Waals surface area contributed by atoms with Crippen LogP contribution in [-0.4, -0.2) is 5.11 Å². The molecule has 0 radical (unpaired) electrons. The minimum absolute atomic E-state index is 0.